The SMILES string of the molecule is CC[S@@](=N)(=O)CC1CCC(N(C)c2ncnc3[nH]ccc23)CC1. The van der Waals surface area contributed by atoms with Crippen molar-refractivity contribution in [2.45, 2.75) is 38.6 Å². The third-order valence-electron chi connectivity index (χ3n) is 5.00. The molecule has 126 valence electrons. The number of fused-ring (bicyclic) bond motifs is 1. The topological polar surface area (TPSA) is 85.7 Å². The monoisotopic (exact) mass is 335 g/mol. The van der Waals surface area contributed by atoms with Crippen LogP contribution in [-0.4, -0.2) is 43.8 Å². The predicted molar refractivity (Wildman–Crippen MR) is 94.3 cm³/mol. The van der Waals surface area contributed by atoms with E-state index in [1.165, 1.54) is 0 Å². The quantitative estimate of drug-likeness (QED) is 0.879. The van der Waals surface area contributed by atoms with Crippen LogP contribution >= 0.6 is 0 Å². The Labute approximate surface area is 137 Å². The number of aromatic nitrogens is 3. The summed E-state index contributed by atoms with van der Waals surface area (Å²) < 4.78 is 19.9. The smallest absolute Gasteiger partial charge is 0.142 e. The molecule has 23 heavy (non-hydrogen) atoms. The Morgan fingerprint density at radius 2 is 2.09 bits per heavy atom. The minimum atomic E-state index is -2.37. The number of aromatic amines is 1. The first-order valence-electron chi connectivity index (χ1n) is 8.25. The van der Waals surface area contributed by atoms with E-state index in [1.54, 1.807) is 6.33 Å². The minimum Gasteiger partial charge on any atom is -0.356 e. The molecule has 1 atom stereocenters. The zero-order valence-corrected chi connectivity index (χ0v) is 14.6. The van der Waals surface area contributed by atoms with Crippen LogP contribution in [0.1, 0.15) is 32.6 Å². The first-order valence-corrected chi connectivity index (χ1v) is 10.1. The van der Waals surface area contributed by atoms with Gasteiger partial charge in [-0.25, -0.2) is 14.2 Å². The summed E-state index contributed by atoms with van der Waals surface area (Å²) in [7, 11) is -0.272. The zero-order chi connectivity index (χ0) is 16.4. The van der Waals surface area contributed by atoms with Gasteiger partial charge in [0.15, 0.2) is 0 Å². The maximum absolute atomic E-state index is 12.0. The van der Waals surface area contributed by atoms with Gasteiger partial charge in [0.25, 0.3) is 0 Å². The third-order valence-corrected chi connectivity index (χ3v) is 6.94. The van der Waals surface area contributed by atoms with Gasteiger partial charge in [0.05, 0.1) is 5.39 Å². The summed E-state index contributed by atoms with van der Waals surface area (Å²) in [5, 5.41) is 1.05. The number of nitrogens with one attached hydrogen (secondary N) is 2. The van der Waals surface area contributed by atoms with Gasteiger partial charge in [0, 0.05) is 40.5 Å². The second kappa shape index (κ2) is 6.47. The van der Waals surface area contributed by atoms with Crippen molar-refractivity contribution in [2.24, 2.45) is 5.92 Å². The molecule has 7 heteroatoms. The molecule has 2 N–H and O–H groups in total. The van der Waals surface area contributed by atoms with E-state index in [0.29, 0.717) is 23.5 Å². The van der Waals surface area contributed by atoms with Gasteiger partial charge in [-0.2, -0.15) is 0 Å². The standard InChI is InChI=1S/C16H25N5OS/c1-3-23(17,22)10-12-4-6-13(7-5-12)21(2)16-14-8-9-18-15(14)19-11-20-16/h8-9,11-13,17H,3-7,10H2,1-2H3,(H,18,19,20)/t12?,13?,23-/m1/s1. The van der Waals surface area contributed by atoms with Crippen LogP contribution < -0.4 is 4.90 Å². The van der Waals surface area contributed by atoms with Crippen molar-refractivity contribution in [1.82, 2.24) is 15.0 Å². The van der Waals surface area contributed by atoms with E-state index < -0.39 is 9.73 Å². The first-order chi connectivity index (χ1) is 11.0. The number of nitrogens with zero attached hydrogens (tertiary/aromatic N) is 3. The van der Waals surface area contributed by atoms with Crippen molar-refractivity contribution in [3.8, 4) is 0 Å². The number of H-pyrrole nitrogens is 1. The predicted octanol–water partition coefficient (Wildman–Crippen LogP) is 3.02. The number of hydrogen-bond donors (Lipinski definition) is 2. The van der Waals surface area contributed by atoms with Crippen LogP contribution in [0.15, 0.2) is 18.6 Å². The molecule has 0 saturated heterocycles. The molecule has 2 heterocycles. The highest BCUT2D eigenvalue weighted by molar-refractivity contribution is 7.92. The van der Waals surface area contributed by atoms with Crippen molar-refractivity contribution in [1.29, 1.82) is 4.78 Å². The first kappa shape index (κ1) is 16.2. The van der Waals surface area contributed by atoms with Crippen molar-refractivity contribution in [3.63, 3.8) is 0 Å². The maximum Gasteiger partial charge on any atom is 0.142 e. The van der Waals surface area contributed by atoms with Gasteiger partial charge >= 0.3 is 0 Å². The third kappa shape index (κ3) is 3.49. The average molecular weight is 335 g/mol. The van der Waals surface area contributed by atoms with Crippen molar-refractivity contribution in [3.05, 3.63) is 18.6 Å². The van der Waals surface area contributed by atoms with E-state index in [-0.39, 0.29) is 0 Å². The molecule has 2 aromatic rings. The van der Waals surface area contributed by atoms with E-state index in [0.717, 1.165) is 42.5 Å². The molecule has 2 aromatic heterocycles. The molecule has 0 aliphatic heterocycles. The Bertz CT molecular complexity index is 762. The lowest BCUT2D eigenvalue weighted by atomic mass is 9.86. The Morgan fingerprint density at radius 3 is 2.78 bits per heavy atom. The highest BCUT2D eigenvalue weighted by atomic mass is 32.2. The molecule has 3 rings (SSSR count). The van der Waals surface area contributed by atoms with Crippen molar-refractivity contribution >= 4 is 26.6 Å². The number of rotatable bonds is 5. The number of hydrogen-bond acceptors (Lipinski definition) is 5. The summed E-state index contributed by atoms with van der Waals surface area (Å²) in [5.74, 6) is 2.44. The highest BCUT2D eigenvalue weighted by Crippen LogP contribution is 2.32. The molecule has 0 unspecified atom stereocenters. The fourth-order valence-corrected chi connectivity index (χ4v) is 4.84. The van der Waals surface area contributed by atoms with Crippen molar-refractivity contribution < 1.29 is 4.21 Å². The van der Waals surface area contributed by atoms with Gasteiger partial charge < -0.3 is 9.88 Å². The number of anilines is 1. The lowest BCUT2D eigenvalue weighted by Gasteiger charge is -2.35. The normalized spacial score (nSPS) is 24.4. The van der Waals surface area contributed by atoms with Crippen LogP contribution in [-0.2, 0) is 9.73 Å². The van der Waals surface area contributed by atoms with Crippen LogP contribution in [0.25, 0.3) is 11.0 Å². The second-order valence-corrected chi connectivity index (χ2v) is 9.02. The molecular formula is C16H25N5OS. The molecule has 0 spiro atoms. The average Bonchev–Trinajstić information content (AvgIpc) is 3.03. The fourth-order valence-electron chi connectivity index (χ4n) is 3.51. The van der Waals surface area contributed by atoms with Crippen LogP contribution in [0.2, 0.25) is 0 Å². The molecule has 0 radical (unpaired) electrons. The molecule has 6 nitrogen and oxygen atoms in total. The Kier molecular flexibility index (Phi) is 4.57. The van der Waals surface area contributed by atoms with E-state index in [4.69, 9.17) is 4.78 Å². The van der Waals surface area contributed by atoms with Crippen molar-refractivity contribution in [2.75, 3.05) is 23.5 Å². The van der Waals surface area contributed by atoms with Gasteiger partial charge in [-0.05, 0) is 37.7 Å². The van der Waals surface area contributed by atoms with E-state index in [1.807, 2.05) is 19.2 Å². The molecule has 1 saturated carbocycles. The van der Waals surface area contributed by atoms with Gasteiger partial charge in [-0.1, -0.05) is 6.92 Å². The molecule has 1 fully saturated rings. The molecule has 1 aliphatic carbocycles. The molecular weight excluding hydrogens is 310 g/mol. The van der Waals surface area contributed by atoms with Crippen LogP contribution in [0, 0.1) is 10.7 Å². The molecule has 0 amide bonds. The Morgan fingerprint density at radius 1 is 1.35 bits per heavy atom. The summed E-state index contributed by atoms with van der Waals surface area (Å²) >= 11 is 0. The van der Waals surface area contributed by atoms with Crippen LogP contribution in [0.3, 0.4) is 0 Å². The molecule has 1 aliphatic rings. The summed E-state index contributed by atoms with van der Waals surface area (Å²) in [5.41, 5.74) is 0.868. The lowest BCUT2D eigenvalue weighted by molar-refractivity contribution is 0.342. The minimum absolute atomic E-state index is 0.433. The van der Waals surface area contributed by atoms with E-state index >= 15 is 0 Å². The zero-order valence-electron chi connectivity index (χ0n) is 13.8. The van der Waals surface area contributed by atoms with Crippen LogP contribution in [0.4, 0.5) is 5.82 Å². The van der Waals surface area contributed by atoms with Gasteiger partial charge in [-0.3, -0.25) is 4.78 Å². The Hall–Kier alpha value is -1.63. The lowest BCUT2D eigenvalue weighted by Crippen LogP contribution is -2.37. The fraction of sp³-hybridized carbons (Fsp3) is 0.625. The molecule has 0 aromatic carbocycles. The summed E-state index contributed by atoms with van der Waals surface area (Å²) in [6, 6.07) is 2.46. The van der Waals surface area contributed by atoms with E-state index in [2.05, 4.69) is 26.9 Å². The van der Waals surface area contributed by atoms with Gasteiger partial charge in [0.2, 0.25) is 0 Å². The van der Waals surface area contributed by atoms with Gasteiger partial charge in [0.1, 0.15) is 17.8 Å². The summed E-state index contributed by atoms with van der Waals surface area (Å²) in [4.78, 5) is 14.1. The summed E-state index contributed by atoms with van der Waals surface area (Å²) in [6.07, 6.45) is 7.72. The van der Waals surface area contributed by atoms with Crippen LogP contribution in [0.5, 0.6) is 0 Å². The largest absolute Gasteiger partial charge is 0.356 e. The summed E-state index contributed by atoms with van der Waals surface area (Å²) in [6.45, 7) is 1.85. The second-order valence-electron chi connectivity index (χ2n) is 6.49. The maximum atomic E-state index is 12.0. The highest BCUT2D eigenvalue weighted by Gasteiger charge is 2.27. The van der Waals surface area contributed by atoms with E-state index in [9.17, 15) is 4.21 Å². The Balaban J connectivity index is 1.67. The van der Waals surface area contributed by atoms with Gasteiger partial charge in [-0.15, -0.1) is 0 Å². The molecule has 0 bridgehead atoms.